The number of benzene rings is 2. The van der Waals surface area contributed by atoms with Crippen molar-refractivity contribution in [3.8, 4) is 5.75 Å². The molecule has 2 aliphatic heterocycles. The fourth-order valence-electron chi connectivity index (χ4n) is 4.88. The minimum absolute atomic E-state index is 0.150. The van der Waals surface area contributed by atoms with Gasteiger partial charge < -0.3 is 15.0 Å². The predicted octanol–water partition coefficient (Wildman–Crippen LogP) is 6.01. The average Bonchev–Trinajstić information content (AvgIpc) is 2.75. The molecule has 1 atom stereocenters. The minimum atomic E-state index is 0.150. The zero-order chi connectivity index (χ0) is 21.8. The van der Waals surface area contributed by atoms with Crippen molar-refractivity contribution < 1.29 is 9.53 Å². The molecule has 166 valence electrons. The van der Waals surface area contributed by atoms with Crippen LogP contribution in [0.25, 0.3) is 0 Å². The highest BCUT2D eigenvalue weighted by molar-refractivity contribution is 9.10. The van der Waals surface area contributed by atoms with Crippen LogP contribution >= 0.6 is 15.9 Å². The van der Waals surface area contributed by atoms with Crippen LogP contribution in [-0.4, -0.2) is 36.5 Å². The van der Waals surface area contributed by atoms with Gasteiger partial charge in [-0.15, -0.1) is 0 Å². The minimum Gasteiger partial charge on any atom is -0.491 e. The van der Waals surface area contributed by atoms with E-state index in [1.807, 2.05) is 18.2 Å². The Morgan fingerprint density at radius 1 is 1.16 bits per heavy atom. The fraction of sp³-hybridized carbons (Fsp3) is 0.500. The van der Waals surface area contributed by atoms with E-state index < -0.39 is 0 Å². The highest BCUT2D eigenvalue weighted by Crippen LogP contribution is 2.35. The molecule has 0 saturated carbocycles. The number of nitrogens with one attached hydrogen (secondary N) is 1. The number of piperidine rings is 1. The van der Waals surface area contributed by atoms with Crippen molar-refractivity contribution in [2.75, 3.05) is 25.0 Å². The Labute approximate surface area is 194 Å². The lowest BCUT2D eigenvalue weighted by atomic mass is 9.87. The lowest BCUT2D eigenvalue weighted by molar-refractivity contribution is -0.116. The summed E-state index contributed by atoms with van der Waals surface area (Å²) in [7, 11) is 0. The number of amides is 1. The molecule has 2 aromatic rings. The first-order valence-corrected chi connectivity index (χ1v) is 12.3. The average molecular weight is 485 g/mol. The number of para-hydroxylation sites is 1. The van der Waals surface area contributed by atoms with E-state index in [-0.39, 0.29) is 12.0 Å². The van der Waals surface area contributed by atoms with Gasteiger partial charge in [0.15, 0.2) is 0 Å². The van der Waals surface area contributed by atoms with Crippen LogP contribution in [0, 0.1) is 5.92 Å². The Kier molecular flexibility index (Phi) is 7.34. The van der Waals surface area contributed by atoms with Crippen molar-refractivity contribution in [2.24, 2.45) is 5.92 Å². The summed E-state index contributed by atoms with van der Waals surface area (Å²) < 4.78 is 7.06. The van der Waals surface area contributed by atoms with Crippen LogP contribution in [0.2, 0.25) is 0 Å². The zero-order valence-electron chi connectivity index (χ0n) is 18.6. The first kappa shape index (κ1) is 22.3. The number of fused-ring (bicyclic) bond motifs is 1. The van der Waals surface area contributed by atoms with Gasteiger partial charge in [-0.1, -0.05) is 34.1 Å². The van der Waals surface area contributed by atoms with Crippen LogP contribution in [0.4, 0.5) is 5.69 Å². The molecular weight excluding hydrogens is 452 g/mol. The van der Waals surface area contributed by atoms with Gasteiger partial charge in [0, 0.05) is 16.6 Å². The van der Waals surface area contributed by atoms with Crippen LogP contribution in [0.15, 0.2) is 46.9 Å². The second-order valence-corrected chi connectivity index (χ2v) is 10.1. The number of likely N-dealkylation sites (tertiary alicyclic amines) is 1. The van der Waals surface area contributed by atoms with Crippen LogP contribution in [0.3, 0.4) is 0 Å². The summed E-state index contributed by atoms with van der Waals surface area (Å²) in [5.41, 5.74) is 3.64. The highest BCUT2D eigenvalue weighted by atomic mass is 79.9. The molecule has 1 fully saturated rings. The van der Waals surface area contributed by atoms with Crippen LogP contribution < -0.4 is 10.1 Å². The van der Waals surface area contributed by atoms with Crippen molar-refractivity contribution in [1.29, 1.82) is 0 Å². The van der Waals surface area contributed by atoms with Crippen molar-refractivity contribution in [3.63, 3.8) is 0 Å². The standard InChI is InChI=1S/C26H33BrN2O2/c1-18(2)31-22-7-8-24(27)21(16-22)15-19-9-12-29(13-10-19)14-11-20-17-26(30)28-25-6-4-3-5-23(20)25/h3-8,16,18-20H,9-15,17H2,1-2H3,(H,28,30). The van der Waals surface area contributed by atoms with Gasteiger partial charge in [0.1, 0.15) is 5.75 Å². The number of carbonyl (C=O) groups is 1. The molecule has 1 N–H and O–H groups in total. The van der Waals surface area contributed by atoms with E-state index in [0.717, 1.165) is 43.9 Å². The first-order valence-electron chi connectivity index (χ1n) is 11.5. The van der Waals surface area contributed by atoms with Gasteiger partial charge in [-0.05, 0) is 106 Å². The van der Waals surface area contributed by atoms with Crippen molar-refractivity contribution in [2.45, 2.75) is 58.0 Å². The Hall–Kier alpha value is -1.85. The van der Waals surface area contributed by atoms with Gasteiger partial charge in [0.05, 0.1) is 6.10 Å². The molecule has 31 heavy (non-hydrogen) atoms. The van der Waals surface area contributed by atoms with Gasteiger partial charge in [-0.2, -0.15) is 0 Å². The maximum absolute atomic E-state index is 12.1. The third-order valence-corrected chi connectivity index (χ3v) is 7.28. The molecule has 1 unspecified atom stereocenters. The molecule has 2 aliphatic rings. The monoisotopic (exact) mass is 484 g/mol. The summed E-state index contributed by atoms with van der Waals surface area (Å²) >= 11 is 3.72. The molecule has 0 aliphatic carbocycles. The van der Waals surface area contributed by atoms with Gasteiger partial charge in [-0.3, -0.25) is 4.79 Å². The second kappa shape index (κ2) is 10.2. The van der Waals surface area contributed by atoms with E-state index in [0.29, 0.717) is 18.3 Å². The van der Waals surface area contributed by atoms with E-state index in [1.165, 1.54) is 28.4 Å². The lowest BCUT2D eigenvalue weighted by Gasteiger charge is -2.34. The summed E-state index contributed by atoms with van der Waals surface area (Å²) in [5.74, 6) is 2.16. The Morgan fingerprint density at radius 3 is 2.71 bits per heavy atom. The molecule has 0 aromatic heterocycles. The fourth-order valence-corrected chi connectivity index (χ4v) is 5.28. The third kappa shape index (κ3) is 5.89. The summed E-state index contributed by atoms with van der Waals surface area (Å²) in [6, 6.07) is 14.6. The summed E-state index contributed by atoms with van der Waals surface area (Å²) in [6.07, 6.45) is 5.40. The third-order valence-electron chi connectivity index (χ3n) is 6.50. The summed E-state index contributed by atoms with van der Waals surface area (Å²) in [6.45, 7) is 7.49. The Bertz CT molecular complexity index is 906. The number of hydrogen-bond acceptors (Lipinski definition) is 3. The molecule has 5 heteroatoms. The van der Waals surface area contributed by atoms with Gasteiger partial charge in [0.25, 0.3) is 0 Å². The molecule has 4 rings (SSSR count). The highest BCUT2D eigenvalue weighted by Gasteiger charge is 2.26. The largest absolute Gasteiger partial charge is 0.491 e. The summed E-state index contributed by atoms with van der Waals surface area (Å²) in [5, 5.41) is 3.01. The maximum Gasteiger partial charge on any atom is 0.224 e. The number of ether oxygens (including phenoxy) is 1. The van der Waals surface area contributed by atoms with E-state index in [4.69, 9.17) is 4.74 Å². The van der Waals surface area contributed by atoms with Crippen molar-refractivity contribution in [3.05, 3.63) is 58.1 Å². The topological polar surface area (TPSA) is 41.6 Å². The van der Waals surface area contributed by atoms with Crippen LogP contribution in [0.1, 0.15) is 56.6 Å². The number of anilines is 1. The lowest BCUT2D eigenvalue weighted by Crippen LogP contribution is -2.36. The molecular formula is C26H33BrN2O2. The molecule has 4 nitrogen and oxygen atoms in total. The van der Waals surface area contributed by atoms with Gasteiger partial charge in [-0.25, -0.2) is 0 Å². The van der Waals surface area contributed by atoms with Gasteiger partial charge in [0.2, 0.25) is 5.91 Å². The van der Waals surface area contributed by atoms with Crippen molar-refractivity contribution in [1.82, 2.24) is 4.90 Å². The second-order valence-electron chi connectivity index (χ2n) is 9.23. The molecule has 2 aromatic carbocycles. The van der Waals surface area contributed by atoms with E-state index in [9.17, 15) is 4.79 Å². The normalized spacial score (nSPS) is 19.9. The van der Waals surface area contributed by atoms with Crippen LogP contribution in [0.5, 0.6) is 5.75 Å². The van der Waals surface area contributed by atoms with E-state index in [2.05, 4.69) is 64.3 Å². The number of rotatable bonds is 7. The number of carbonyl (C=O) groups excluding carboxylic acids is 1. The SMILES string of the molecule is CC(C)Oc1ccc(Br)c(CC2CCN(CCC3CC(=O)Nc4ccccc43)CC2)c1. The molecule has 1 saturated heterocycles. The quantitative estimate of drug-likeness (QED) is 0.523. The van der Waals surface area contributed by atoms with E-state index in [1.54, 1.807) is 0 Å². The number of nitrogens with zero attached hydrogens (tertiary/aromatic N) is 1. The van der Waals surface area contributed by atoms with Gasteiger partial charge >= 0.3 is 0 Å². The van der Waals surface area contributed by atoms with Crippen molar-refractivity contribution >= 4 is 27.5 Å². The molecule has 0 bridgehead atoms. The summed E-state index contributed by atoms with van der Waals surface area (Å²) in [4.78, 5) is 14.7. The molecule has 0 radical (unpaired) electrons. The molecule has 0 spiro atoms. The number of hydrogen-bond donors (Lipinski definition) is 1. The molecule has 1 amide bonds. The predicted molar refractivity (Wildman–Crippen MR) is 130 cm³/mol. The zero-order valence-corrected chi connectivity index (χ0v) is 20.2. The van der Waals surface area contributed by atoms with E-state index >= 15 is 0 Å². The Balaban J connectivity index is 1.28. The maximum atomic E-state index is 12.1. The number of halogens is 1. The van der Waals surface area contributed by atoms with Crippen LogP contribution in [-0.2, 0) is 11.2 Å². The molecule has 2 heterocycles. The Morgan fingerprint density at radius 2 is 1.94 bits per heavy atom. The smallest absolute Gasteiger partial charge is 0.224 e. The first-order chi connectivity index (χ1) is 15.0.